The van der Waals surface area contributed by atoms with E-state index in [-0.39, 0.29) is 31.5 Å². The molecule has 8 nitrogen and oxygen atoms in total. The SMILES string of the molecule is COc1cc2c(c(OC)c1)C(N1CC[N+]([O-])(C(=O)Cc3ccncc3)CC1)c1ncc(Br)cc1CC2. The number of fused-ring (bicyclic) bond motifs is 2. The molecule has 1 saturated heterocycles. The van der Waals surface area contributed by atoms with Crippen LogP contribution in [0.1, 0.15) is 34.0 Å². The lowest BCUT2D eigenvalue weighted by Gasteiger charge is -2.47. The van der Waals surface area contributed by atoms with Crippen molar-refractivity contribution in [1.29, 1.82) is 0 Å². The minimum atomic E-state index is -0.821. The first-order valence-corrected chi connectivity index (χ1v) is 12.8. The Labute approximate surface area is 219 Å². The third-order valence-corrected chi connectivity index (χ3v) is 7.68. The van der Waals surface area contributed by atoms with Crippen LogP contribution in [0.4, 0.5) is 0 Å². The molecule has 3 aromatic rings. The zero-order valence-electron chi connectivity index (χ0n) is 20.4. The number of rotatable bonds is 5. The van der Waals surface area contributed by atoms with Crippen molar-refractivity contribution in [1.82, 2.24) is 14.9 Å². The van der Waals surface area contributed by atoms with Gasteiger partial charge in [-0.3, -0.25) is 19.5 Å². The Hall–Kier alpha value is -2.85. The number of benzene rings is 1. The van der Waals surface area contributed by atoms with Gasteiger partial charge >= 0.3 is 5.91 Å². The van der Waals surface area contributed by atoms with Crippen LogP contribution in [0.15, 0.2) is 53.4 Å². The van der Waals surface area contributed by atoms with Crippen molar-refractivity contribution in [2.75, 3.05) is 40.4 Å². The Morgan fingerprint density at radius 2 is 1.83 bits per heavy atom. The number of pyridine rings is 2. The van der Waals surface area contributed by atoms with Crippen LogP contribution in [0.25, 0.3) is 0 Å². The molecule has 188 valence electrons. The van der Waals surface area contributed by atoms with Crippen LogP contribution in [-0.4, -0.2) is 65.8 Å². The van der Waals surface area contributed by atoms with E-state index in [0.717, 1.165) is 56.8 Å². The largest absolute Gasteiger partial charge is 0.625 e. The Bertz CT molecular complexity index is 1260. The fraction of sp³-hybridized carbons (Fsp3) is 0.370. The third-order valence-electron chi connectivity index (χ3n) is 7.24. The molecule has 2 aliphatic rings. The van der Waals surface area contributed by atoms with Crippen LogP contribution in [0.2, 0.25) is 0 Å². The summed E-state index contributed by atoms with van der Waals surface area (Å²) < 4.78 is 11.5. The highest BCUT2D eigenvalue weighted by atomic mass is 79.9. The summed E-state index contributed by atoms with van der Waals surface area (Å²) in [6.45, 7) is 1.34. The van der Waals surface area contributed by atoms with Gasteiger partial charge in [0.15, 0.2) is 0 Å². The van der Waals surface area contributed by atoms with Crippen molar-refractivity contribution in [3.8, 4) is 11.5 Å². The highest BCUT2D eigenvalue weighted by molar-refractivity contribution is 9.10. The van der Waals surface area contributed by atoms with Gasteiger partial charge in [-0.2, -0.15) is 0 Å². The minimum absolute atomic E-state index is 0.115. The molecule has 0 spiro atoms. The summed E-state index contributed by atoms with van der Waals surface area (Å²) in [5, 5.41) is 13.5. The van der Waals surface area contributed by atoms with E-state index >= 15 is 0 Å². The molecule has 9 heteroatoms. The predicted octanol–water partition coefficient (Wildman–Crippen LogP) is 3.84. The molecule has 1 amide bonds. The highest BCUT2D eigenvalue weighted by Crippen LogP contribution is 2.43. The number of nitrogens with zero attached hydrogens (tertiary/aromatic N) is 4. The molecule has 0 N–H and O–H groups in total. The van der Waals surface area contributed by atoms with Crippen LogP contribution < -0.4 is 9.47 Å². The number of carbonyl (C=O) groups excluding carboxylic acids is 1. The second-order valence-electron chi connectivity index (χ2n) is 9.30. The number of hydroxylamine groups is 3. The quantitative estimate of drug-likeness (QED) is 0.351. The summed E-state index contributed by atoms with van der Waals surface area (Å²) in [6.07, 6.45) is 6.88. The lowest BCUT2D eigenvalue weighted by molar-refractivity contribution is -0.810. The number of hydrogen-bond acceptors (Lipinski definition) is 7. The molecular formula is C27H29BrN4O4. The van der Waals surface area contributed by atoms with Gasteiger partial charge in [0.05, 0.1) is 45.5 Å². The maximum atomic E-state index is 13.5. The van der Waals surface area contributed by atoms with Crippen molar-refractivity contribution in [2.24, 2.45) is 0 Å². The van der Waals surface area contributed by atoms with Crippen molar-refractivity contribution in [3.63, 3.8) is 0 Å². The average Bonchev–Trinajstić information content (AvgIpc) is 3.05. The summed E-state index contributed by atoms with van der Waals surface area (Å²) in [5.41, 5.74) is 5.14. The zero-order valence-corrected chi connectivity index (χ0v) is 22.0. The number of amides is 1. The van der Waals surface area contributed by atoms with Gasteiger partial charge in [-0.25, -0.2) is 4.79 Å². The standard InChI is InChI=1S/C27H29BrN4O4/c1-35-22-15-19-3-4-20-14-21(28)17-30-26(20)27(25(19)23(16-22)36-2)31-9-11-32(34,12-10-31)24(33)13-18-5-7-29-8-6-18/h5-8,14-17,27H,3-4,9-13H2,1-2H3. The molecule has 36 heavy (non-hydrogen) atoms. The second kappa shape index (κ2) is 10.3. The number of carbonyl (C=O) groups is 1. The van der Waals surface area contributed by atoms with Gasteiger partial charge in [0.1, 0.15) is 11.5 Å². The summed E-state index contributed by atoms with van der Waals surface area (Å²) in [6, 6.07) is 9.48. The normalized spacial score (nSPS) is 19.1. The van der Waals surface area contributed by atoms with Gasteiger partial charge in [-0.15, -0.1) is 0 Å². The number of aryl methyl sites for hydroxylation is 2. The van der Waals surface area contributed by atoms with Gasteiger partial charge in [0.25, 0.3) is 0 Å². The molecule has 3 heterocycles. The number of hydrogen-bond donors (Lipinski definition) is 0. The monoisotopic (exact) mass is 552 g/mol. The topological polar surface area (TPSA) is 87.6 Å². The van der Waals surface area contributed by atoms with E-state index in [1.165, 1.54) is 0 Å². The predicted molar refractivity (Wildman–Crippen MR) is 139 cm³/mol. The van der Waals surface area contributed by atoms with Crippen molar-refractivity contribution in [2.45, 2.75) is 25.3 Å². The van der Waals surface area contributed by atoms with E-state index in [2.05, 4.69) is 37.9 Å². The first kappa shape index (κ1) is 24.8. The van der Waals surface area contributed by atoms with Crippen LogP contribution in [-0.2, 0) is 24.1 Å². The van der Waals surface area contributed by atoms with E-state index in [1.807, 2.05) is 12.3 Å². The molecule has 1 fully saturated rings. The van der Waals surface area contributed by atoms with Crippen LogP contribution in [0.3, 0.4) is 0 Å². The van der Waals surface area contributed by atoms with E-state index in [1.54, 1.807) is 38.7 Å². The number of ether oxygens (including phenoxy) is 2. The first-order valence-electron chi connectivity index (χ1n) is 12.1. The molecule has 1 unspecified atom stereocenters. The molecule has 0 bridgehead atoms. The lowest BCUT2D eigenvalue weighted by atomic mass is 9.94. The fourth-order valence-electron chi connectivity index (χ4n) is 5.29. The molecule has 1 atom stereocenters. The third kappa shape index (κ3) is 4.76. The van der Waals surface area contributed by atoms with E-state index in [0.29, 0.717) is 13.1 Å². The summed E-state index contributed by atoms with van der Waals surface area (Å²) in [4.78, 5) is 24.1. The number of methoxy groups -OCH3 is 2. The van der Waals surface area contributed by atoms with Gasteiger partial charge in [0.2, 0.25) is 0 Å². The molecule has 0 radical (unpaired) electrons. The maximum absolute atomic E-state index is 13.5. The van der Waals surface area contributed by atoms with Crippen LogP contribution in [0.5, 0.6) is 11.5 Å². The molecule has 1 aliphatic carbocycles. The van der Waals surface area contributed by atoms with Gasteiger partial charge in [-0.1, -0.05) is 0 Å². The fourth-order valence-corrected chi connectivity index (χ4v) is 5.67. The van der Waals surface area contributed by atoms with Crippen molar-refractivity contribution >= 4 is 21.8 Å². The average molecular weight is 553 g/mol. The Morgan fingerprint density at radius 1 is 1.11 bits per heavy atom. The number of aromatic nitrogens is 2. The number of quaternary nitrogens is 1. The number of halogens is 1. The molecule has 1 aromatic carbocycles. The molecule has 0 saturated carbocycles. The zero-order chi connectivity index (χ0) is 25.3. The van der Waals surface area contributed by atoms with Crippen molar-refractivity contribution in [3.05, 3.63) is 86.6 Å². The van der Waals surface area contributed by atoms with Crippen LogP contribution in [0, 0.1) is 5.21 Å². The van der Waals surface area contributed by atoms with Crippen LogP contribution >= 0.6 is 15.9 Å². The first-order chi connectivity index (χ1) is 17.4. The molecular weight excluding hydrogens is 524 g/mol. The van der Waals surface area contributed by atoms with Gasteiger partial charge in [-0.05, 0) is 69.7 Å². The highest BCUT2D eigenvalue weighted by Gasteiger charge is 2.39. The van der Waals surface area contributed by atoms with Crippen molar-refractivity contribution < 1.29 is 18.9 Å². The summed E-state index contributed by atoms with van der Waals surface area (Å²) in [5.74, 6) is 1.18. The minimum Gasteiger partial charge on any atom is -0.625 e. The molecule has 5 rings (SSSR count). The van der Waals surface area contributed by atoms with E-state index < -0.39 is 4.65 Å². The smallest absolute Gasteiger partial charge is 0.318 e. The second-order valence-corrected chi connectivity index (χ2v) is 10.2. The van der Waals surface area contributed by atoms with E-state index in [9.17, 15) is 10.0 Å². The summed E-state index contributed by atoms with van der Waals surface area (Å²) >= 11 is 3.57. The molecule has 2 aromatic heterocycles. The lowest BCUT2D eigenvalue weighted by Crippen LogP contribution is -2.60. The Balaban J connectivity index is 1.47. The van der Waals surface area contributed by atoms with E-state index in [4.69, 9.17) is 14.5 Å². The Kier molecular flexibility index (Phi) is 7.07. The number of piperazine rings is 1. The van der Waals surface area contributed by atoms with Gasteiger partial charge in [0, 0.05) is 47.8 Å². The Morgan fingerprint density at radius 3 is 2.53 bits per heavy atom. The molecule has 1 aliphatic heterocycles. The maximum Gasteiger partial charge on any atom is 0.318 e. The summed E-state index contributed by atoms with van der Waals surface area (Å²) in [7, 11) is 3.32. The van der Waals surface area contributed by atoms with Gasteiger partial charge < -0.3 is 14.7 Å².